The Hall–Kier alpha value is -0.130. The fraction of sp³-hybridized carbons (Fsp3) is 1.00. The van der Waals surface area contributed by atoms with Crippen molar-refractivity contribution in [1.82, 2.24) is 10.0 Å². The highest BCUT2D eigenvalue weighted by atomic mass is 32.2. The summed E-state index contributed by atoms with van der Waals surface area (Å²) >= 11 is 0. The van der Waals surface area contributed by atoms with Crippen LogP contribution in [0.5, 0.6) is 0 Å². The quantitative estimate of drug-likeness (QED) is 0.620. The van der Waals surface area contributed by atoms with E-state index in [0.29, 0.717) is 30.8 Å². The van der Waals surface area contributed by atoms with Crippen LogP contribution in [-0.2, 0) is 10.0 Å². The van der Waals surface area contributed by atoms with Gasteiger partial charge in [0.05, 0.1) is 5.75 Å². The van der Waals surface area contributed by atoms with Gasteiger partial charge in [-0.1, -0.05) is 6.92 Å². The second-order valence-electron chi connectivity index (χ2n) is 5.22. The van der Waals surface area contributed by atoms with Crippen molar-refractivity contribution in [2.24, 2.45) is 11.8 Å². The van der Waals surface area contributed by atoms with E-state index in [1.54, 1.807) is 0 Å². The average molecular weight is 246 g/mol. The highest BCUT2D eigenvalue weighted by Gasteiger charge is 2.33. The average Bonchev–Trinajstić information content (AvgIpc) is 3.08. The van der Waals surface area contributed by atoms with E-state index < -0.39 is 10.0 Å². The van der Waals surface area contributed by atoms with Crippen LogP contribution in [0.15, 0.2) is 0 Å². The third kappa shape index (κ3) is 4.39. The van der Waals surface area contributed by atoms with E-state index in [0.717, 1.165) is 6.54 Å². The standard InChI is InChI=1S/C11H22N2O2S/c1-9-7-10(9)8-13-16(14,15)6-2-5-12-11-3-4-11/h9-13H,2-8H2,1H3. The van der Waals surface area contributed by atoms with E-state index in [1.165, 1.54) is 19.3 Å². The molecule has 2 unspecified atom stereocenters. The summed E-state index contributed by atoms with van der Waals surface area (Å²) in [7, 11) is -3.03. The Labute approximate surface area is 98.2 Å². The zero-order valence-corrected chi connectivity index (χ0v) is 10.7. The molecule has 4 nitrogen and oxygen atoms in total. The Kier molecular flexibility index (Phi) is 3.87. The maximum absolute atomic E-state index is 11.6. The number of nitrogens with one attached hydrogen (secondary N) is 2. The van der Waals surface area contributed by atoms with Gasteiger partial charge in [0, 0.05) is 12.6 Å². The van der Waals surface area contributed by atoms with Crippen LogP contribution < -0.4 is 10.0 Å². The van der Waals surface area contributed by atoms with E-state index in [4.69, 9.17) is 0 Å². The van der Waals surface area contributed by atoms with Gasteiger partial charge in [0.1, 0.15) is 0 Å². The van der Waals surface area contributed by atoms with E-state index in [-0.39, 0.29) is 5.75 Å². The monoisotopic (exact) mass is 246 g/mol. The highest BCUT2D eigenvalue weighted by molar-refractivity contribution is 7.89. The van der Waals surface area contributed by atoms with Gasteiger partial charge in [-0.25, -0.2) is 13.1 Å². The largest absolute Gasteiger partial charge is 0.314 e. The Bertz CT molecular complexity index is 325. The molecule has 0 bridgehead atoms. The van der Waals surface area contributed by atoms with Crippen LogP contribution in [0.25, 0.3) is 0 Å². The van der Waals surface area contributed by atoms with Gasteiger partial charge in [-0.2, -0.15) is 0 Å². The molecule has 0 aromatic heterocycles. The molecule has 16 heavy (non-hydrogen) atoms. The number of hydrogen-bond donors (Lipinski definition) is 2. The topological polar surface area (TPSA) is 58.2 Å². The summed E-state index contributed by atoms with van der Waals surface area (Å²) in [6.45, 7) is 3.63. The molecule has 0 spiro atoms. The van der Waals surface area contributed by atoms with Gasteiger partial charge < -0.3 is 5.32 Å². The van der Waals surface area contributed by atoms with Crippen LogP contribution in [-0.4, -0.2) is 33.3 Å². The summed E-state index contributed by atoms with van der Waals surface area (Å²) in [6, 6.07) is 0.669. The van der Waals surface area contributed by atoms with Crippen molar-refractivity contribution in [1.29, 1.82) is 0 Å². The summed E-state index contributed by atoms with van der Waals surface area (Å²) in [5.41, 5.74) is 0. The van der Waals surface area contributed by atoms with Crippen LogP contribution in [0.1, 0.15) is 32.6 Å². The summed E-state index contributed by atoms with van der Waals surface area (Å²) in [5.74, 6) is 1.55. The maximum atomic E-state index is 11.6. The second-order valence-corrected chi connectivity index (χ2v) is 7.15. The van der Waals surface area contributed by atoms with Crippen molar-refractivity contribution in [2.75, 3.05) is 18.8 Å². The van der Waals surface area contributed by atoms with Gasteiger partial charge >= 0.3 is 0 Å². The fourth-order valence-electron chi connectivity index (χ4n) is 1.85. The first kappa shape index (κ1) is 12.3. The molecule has 5 heteroatoms. The Morgan fingerprint density at radius 3 is 2.56 bits per heavy atom. The van der Waals surface area contributed by atoms with Gasteiger partial charge in [0.2, 0.25) is 10.0 Å². The molecule has 0 radical (unpaired) electrons. The molecule has 2 N–H and O–H groups in total. The van der Waals surface area contributed by atoms with Crippen molar-refractivity contribution in [3.8, 4) is 0 Å². The summed E-state index contributed by atoms with van der Waals surface area (Å²) in [6.07, 6.45) is 4.40. The minimum Gasteiger partial charge on any atom is -0.314 e. The molecule has 2 rings (SSSR count). The van der Waals surface area contributed by atoms with Crippen molar-refractivity contribution in [3.63, 3.8) is 0 Å². The Morgan fingerprint density at radius 2 is 2.00 bits per heavy atom. The molecule has 0 amide bonds. The lowest BCUT2D eigenvalue weighted by Gasteiger charge is -2.06. The van der Waals surface area contributed by atoms with E-state index in [1.807, 2.05) is 0 Å². The highest BCUT2D eigenvalue weighted by Crippen LogP contribution is 2.36. The lowest BCUT2D eigenvalue weighted by molar-refractivity contribution is 0.568. The molecule has 0 saturated heterocycles. The first-order valence-electron chi connectivity index (χ1n) is 6.27. The predicted octanol–water partition coefficient (Wildman–Crippen LogP) is 0.704. The predicted molar refractivity (Wildman–Crippen MR) is 64.7 cm³/mol. The minimum atomic E-state index is -3.03. The fourth-order valence-corrected chi connectivity index (χ4v) is 2.98. The molecule has 2 aliphatic carbocycles. The lowest BCUT2D eigenvalue weighted by atomic mass is 10.3. The molecular formula is C11H22N2O2S. The molecule has 0 heterocycles. The van der Waals surface area contributed by atoms with Gasteiger partial charge in [-0.15, -0.1) is 0 Å². The minimum absolute atomic E-state index is 0.258. The molecule has 0 aromatic carbocycles. The van der Waals surface area contributed by atoms with Gasteiger partial charge in [-0.3, -0.25) is 0 Å². The smallest absolute Gasteiger partial charge is 0.211 e. The third-order valence-electron chi connectivity index (χ3n) is 3.44. The molecule has 2 aliphatic rings. The molecule has 2 saturated carbocycles. The number of hydrogen-bond acceptors (Lipinski definition) is 3. The van der Waals surface area contributed by atoms with Crippen molar-refractivity contribution >= 4 is 10.0 Å². The maximum Gasteiger partial charge on any atom is 0.211 e. The van der Waals surface area contributed by atoms with Crippen molar-refractivity contribution < 1.29 is 8.42 Å². The lowest BCUT2D eigenvalue weighted by Crippen LogP contribution is -2.30. The zero-order chi connectivity index (χ0) is 11.6. The Balaban J connectivity index is 1.54. The van der Waals surface area contributed by atoms with E-state index in [9.17, 15) is 8.42 Å². The Morgan fingerprint density at radius 1 is 1.31 bits per heavy atom. The molecule has 0 aromatic rings. The van der Waals surface area contributed by atoms with Crippen LogP contribution in [0.3, 0.4) is 0 Å². The second kappa shape index (κ2) is 5.02. The van der Waals surface area contributed by atoms with Gasteiger partial charge in [0.15, 0.2) is 0 Å². The molecule has 0 aliphatic heterocycles. The van der Waals surface area contributed by atoms with Crippen molar-refractivity contribution in [3.05, 3.63) is 0 Å². The molecular weight excluding hydrogens is 224 g/mol. The van der Waals surface area contributed by atoms with Crippen molar-refractivity contribution in [2.45, 2.75) is 38.6 Å². The van der Waals surface area contributed by atoms with Crippen LogP contribution >= 0.6 is 0 Å². The first-order valence-corrected chi connectivity index (χ1v) is 7.93. The SMILES string of the molecule is CC1CC1CNS(=O)(=O)CCCNC1CC1. The number of sulfonamides is 1. The van der Waals surface area contributed by atoms with Gasteiger partial charge in [0.25, 0.3) is 0 Å². The third-order valence-corrected chi connectivity index (χ3v) is 4.87. The molecule has 2 fully saturated rings. The van der Waals surface area contributed by atoms with Crippen LogP contribution in [0, 0.1) is 11.8 Å². The summed E-state index contributed by atoms with van der Waals surface area (Å²) < 4.78 is 25.9. The molecule has 2 atom stereocenters. The summed E-state index contributed by atoms with van der Waals surface area (Å²) in [5, 5.41) is 3.32. The van der Waals surface area contributed by atoms with Gasteiger partial charge in [-0.05, 0) is 44.1 Å². The van der Waals surface area contributed by atoms with E-state index >= 15 is 0 Å². The molecule has 94 valence electrons. The number of rotatable bonds is 8. The van der Waals surface area contributed by atoms with Crippen LogP contribution in [0.4, 0.5) is 0 Å². The van der Waals surface area contributed by atoms with E-state index in [2.05, 4.69) is 17.0 Å². The zero-order valence-electron chi connectivity index (χ0n) is 9.91. The summed E-state index contributed by atoms with van der Waals surface area (Å²) in [4.78, 5) is 0. The van der Waals surface area contributed by atoms with Crippen LogP contribution in [0.2, 0.25) is 0 Å². The normalized spacial score (nSPS) is 29.3. The first-order chi connectivity index (χ1) is 7.57.